The van der Waals surface area contributed by atoms with Gasteiger partial charge in [0.1, 0.15) is 11.5 Å². The molecule has 0 unspecified atom stereocenters. The van der Waals surface area contributed by atoms with E-state index < -0.39 is 17.7 Å². The lowest BCUT2D eigenvalue weighted by Crippen LogP contribution is -2.21. The number of rotatable bonds is 0. The van der Waals surface area contributed by atoms with Crippen LogP contribution in [0.3, 0.4) is 0 Å². The van der Waals surface area contributed by atoms with Gasteiger partial charge >= 0.3 is 0 Å². The van der Waals surface area contributed by atoms with E-state index in [1.807, 2.05) is 6.07 Å². The van der Waals surface area contributed by atoms with Gasteiger partial charge in [-0.25, -0.2) is 0 Å². The summed E-state index contributed by atoms with van der Waals surface area (Å²) in [6, 6.07) is 12.0. The Hall–Kier alpha value is -2.00. The molecule has 4 heteroatoms. The lowest BCUT2D eigenvalue weighted by molar-refractivity contribution is -0.127. The number of carbonyl (C=O) groups is 1. The van der Waals surface area contributed by atoms with Crippen LogP contribution in [0.15, 0.2) is 42.5 Å². The summed E-state index contributed by atoms with van der Waals surface area (Å²) >= 11 is 6.10. The Morgan fingerprint density at radius 3 is 2.86 bits per heavy atom. The second-order valence-electron chi connectivity index (χ2n) is 5.25. The molecule has 2 aliphatic rings. The first-order chi connectivity index (χ1) is 10.9. The third-order valence-electron chi connectivity index (χ3n) is 3.90. The number of fused-ring (bicyclic) bond motifs is 5. The second-order valence-corrected chi connectivity index (χ2v) is 5.69. The van der Waals surface area contributed by atoms with Gasteiger partial charge in [0.25, 0.3) is 0 Å². The van der Waals surface area contributed by atoms with E-state index in [9.17, 15) is 4.79 Å². The summed E-state index contributed by atoms with van der Waals surface area (Å²) in [5, 5.41) is 0.412. The van der Waals surface area contributed by atoms with Crippen LogP contribution in [0.5, 0.6) is 11.5 Å². The van der Waals surface area contributed by atoms with Gasteiger partial charge in [0.05, 0.1) is 5.89 Å². The van der Waals surface area contributed by atoms with E-state index in [2.05, 4.69) is 0 Å². The molecule has 0 saturated carbocycles. The van der Waals surface area contributed by atoms with Crippen LogP contribution in [-0.4, -0.2) is 24.4 Å². The summed E-state index contributed by atoms with van der Waals surface area (Å²) in [6.07, 6.45) is 0. The van der Waals surface area contributed by atoms with E-state index in [-0.39, 0.29) is 6.54 Å². The Labute approximate surface area is 130 Å². The largest absolute Gasteiger partial charge is 0.457 e. The highest BCUT2D eigenvalue weighted by molar-refractivity contribution is 6.30. The zero-order valence-electron chi connectivity index (χ0n) is 13.4. The molecule has 0 aromatic heterocycles. The summed E-state index contributed by atoms with van der Waals surface area (Å²) in [6.45, 7) is 0.127. The maximum Gasteiger partial charge on any atom is 0.230 e. The van der Waals surface area contributed by atoms with Crippen molar-refractivity contribution < 1.29 is 12.3 Å². The maximum atomic E-state index is 12.8. The highest BCUT2D eigenvalue weighted by atomic mass is 35.5. The fourth-order valence-electron chi connectivity index (χ4n) is 2.92. The summed E-state index contributed by atoms with van der Waals surface area (Å²) in [5.74, 6) is -2.78. The highest BCUT2D eigenvalue weighted by Gasteiger charge is 2.44. The van der Waals surface area contributed by atoms with E-state index in [1.54, 1.807) is 43.4 Å². The highest BCUT2D eigenvalue weighted by Crippen LogP contribution is 2.50. The molecule has 1 amide bonds. The predicted octanol–water partition coefficient (Wildman–Crippen LogP) is 3.79. The first-order valence-corrected chi connectivity index (χ1v) is 7.09. The molecule has 0 radical (unpaired) electrons. The molecule has 4 rings (SSSR count). The summed E-state index contributed by atoms with van der Waals surface area (Å²) in [7, 11) is 1.62. The van der Waals surface area contributed by atoms with E-state index in [1.165, 1.54) is 4.90 Å². The average Bonchev–Trinajstić information content (AvgIpc) is 2.66. The molecule has 0 aliphatic carbocycles. The van der Waals surface area contributed by atoms with Crippen molar-refractivity contribution in [1.29, 1.82) is 0 Å². The minimum absolute atomic E-state index is 0.127. The van der Waals surface area contributed by atoms with Gasteiger partial charge in [0.15, 0.2) is 0 Å². The normalized spacial score (nSPS) is 31.3. The number of para-hydroxylation sites is 1. The molecule has 0 bridgehead atoms. The quantitative estimate of drug-likeness (QED) is 0.741. The molecule has 3 nitrogen and oxygen atoms in total. The molecule has 1 fully saturated rings. The lowest BCUT2D eigenvalue weighted by Gasteiger charge is -2.15. The van der Waals surface area contributed by atoms with Crippen LogP contribution in [-0.2, 0) is 4.79 Å². The third kappa shape index (κ3) is 1.84. The number of amides is 1. The van der Waals surface area contributed by atoms with Gasteiger partial charge in [-0.3, -0.25) is 4.79 Å². The summed E-state index contributed by atoms with van der Waals surface area (Å²) in [4.78, 5) is 14.3. The number of likely N-dealkylation sites (N-methyl/N-ethyl adjacent to an activating group) is 1. The molecular formula is C17H14ClNO2. The number of ether oxygens (including phenoxy) is 1. The molecule has 0 N–H and O–H groups in total. The first-order valence-electron chi connectivity index (χ1n) is 7.71. The van der Waals surface area contributed by atoms with Crippen molar-refractivity contribution in [1.82, 2.24) is 4.90 Å². The molecule has 0 spiro atoms. The van der Waals surface area contributed by atoms with Crippen LogP contribution >= 0.6 is 11.6 Å². The van der Waals surface area contributed by atoms with Gasteiger partial charge in [0.2, 0.25) is 5.91 Å². The number of benzene rings is 2. The van der Waals surface area contributed by atoms with Gasteiger partial charge in [-0.05, 0) is 24.3 Å². The van der Waals surface area contributed by atoms with E-state index in [0.29, 0.717) is 27.6 Å². The van der Waals surface area contributed by atoms with Crippen LogP contribution in [0.1, 0.15) is 25.7 Å². The third-order valence-corrected chi connectivity index (χ3v) is 4.14. The van der Waals surface area contributed by atoms with Gasteiger partial charge in [0, 0.05) is 38.4 Å². The monoisotopic (exact) mass is 301 g/mol. The molecule has 2 heterocycles. The SMILES string of the molecule is [2H][C@@]12CN(C)C(=O)[C@@]1([2H])c1cc(Cl)ccc1Oc1ccccc12. The van der Waals surface area contributed by atoms with Crippen molar-refractivity contribution in [3.63, 3.8) is 0 Å². The molecule has 21 heavy (non-hydrogen) atoms. The lowest BCUT2D eigenvalue weighted by atomic mass is 9.84. The number of hydrogen-bond acceptors (Lipinski definition) is 2. The zero-order valence-corrected chi connectivity index (χ0v) is 12.1. The van der Waals surface area contributed by atoms with Crippen LogP contribution < -0.4 is 4.74 Å². The van der Waals surface area contributed by atoms with Gasteiger partial charge in [-0.15, -0.1) is 0 Å². The number of halogens is 1. The van der Waals surface area contributed by atoms with Crippen molar-refractivity contribution in [3.05, 3.63) is 58.6 Å². The molecule has 2 aromatic rings. The topological polar surface area (TPSA) is 29.5 Å². The molecular weight excluding hydrogens is 286 g/mol. The Morgan fingerprint density at radius 1 is 1.24 bits per heavy atom. The van der Waals surface area contributed by atoms with Crippen molar-refractivity contribution in [2.45, 2.75) is 11.8 Å². The molecule has 2 atom stereocenters. The van der Waals surface area contributed by atoms with Crippen LogP contribution in [0, 0.1) is 0 Å². The number of hydrogen-bond donors (Lipinski definition) is 0. The molecule has 2 aromatic carbocycles. The molecule has 106 valence electrons. The molecule has 1 saturated heterocycles. The standard InChI is InChI=1S/C17H14ClNO2/c1-19-9-13-11-4-2-3-5-14(11)21-15-7-6-10(18)8-12(15)16(13)17(19)20/h2-8,13,16H,9H2,1H3/t13-,16-/m0/s1/i13D,16D. The zero-order chi connectivity index (χ0) is 16.4. The van der Waals surface area contributed by atoms with Crippen LogP contribution in [0.25, 0.3) is 0 Å². The molecule has 2 aliphatic heterocycles. The maximum absolute atomic E-state index is 12.8. The van der Waals surface area contributed by atoms with Crippen molar-refractivity contribution in [2.75, 3.05) is 13.6 Å². The number of nitrogens with zero attached hydrogens (tertiary/aromatic N) is 1. The Bertz CT molecular complexity index is 843. The van der Waals surface area contributed by atoms with Gasteiger partial charge in [-0.1, -0.05) is 29.8 Å². The van der Waals surface area contributed by atoms with Gasteiger partial charge < -0.3 is 9.64 Å². The van der Waals surface area contributed by atoms with Crippen molar-refractivity contribution in [2.24, 2.45) is 0 Å². The Kier molecular flexibility index (Phi) is 2.29. The second kappa shape index (κ2) is 4.50. The van der Waals surface area contributed by atoms with Crippen LogP contribution in [0.4, 0.5) is 0 Å². The predicted molar refractivity (Wildman–Crippen MR) is 81.1 cm³/mol. The summed E-state index contributed by atoms with van der Waals surface area (Å²) in [5.41, 5.74) is 0.880. The fraction of sp³-hybridized carbons (Fsp3) is 0.235. The van der Waals surface area contributed by atoms with Crippen molar-refractivity contribution in [3.8, 4) is 11.5 Å². The summed E-state index contributed by atoms with van der Waals surface area (Å²) < 4.78 is 24.0. The van der Waals surface area contributed by atoms with Crippen LogP contribution in [0.2, 0.25) is 5.02 Å². The number of carbonyl (C=O) groups excluding carboxylic acids is 1. The number of likely N-dealkylation sites (tertiary alicyclic amines) is 1. The Morgan fingerprint density at radius 2 is 2.00 bits per heavy atom. The average molecular weight is 302 g/mol. The first kappa shape index (κ1) is 10.7. The van der Waals surface area contributed by atoms with E-state index in [4.69, 9.17) is 19.1 Å². The van der Waals surface area contributed by atoms with E-state index in [0.717, 1.165) is 0 Å². The van der Waals surface area contributed by atoms with E-state index >= 15 is 0 Å². The minimum atomic E-state index is -1.80. The van der Waals surface area contributed by atoms with Gasteiger partial charge in [-0.2, -0.15) is 0 Å². The Balaban J connectivity index is 2.12. The fourth-order valence-corrected chi connectivity index (χ4v) is 3.09. The minimum Gasteiger partial charge on any atom is -0.457 e. The smallest absolute Gasteiger partial charge is 0.230 e. The van der Waals surface area contributed by atoms with Crippen molar-refractivity contribution >= 4 is 17.5 Å².